The van der Waals surface area contributed by atoms with Crippen molar-refractivity contribution in [2.45, 2.75) is 26.1 Å². The molecule has 0 aliphatic rings. The number of carbonyl (C=O) groups is 2. The highest BCUT2D eigenvalue weighted by Crippen LogP contribution is 1.94. The molecule has 0 fully saturated rings. The van der Waals surface area contributed by atoms with E-state index in [-0.39, 0.29) is 6.54 Å². The van der Waals surface area contributed by atoms with E-state index in [1.165, 1.54) is 0 Å². The number of allylic oxidation sites excluding steroid dienone is 1. The number of aliphatic hydroxyl groups excluding tert-OH is 2. The van der Waals surface area contributed by atoms with Crippen molar-refractivity contribution in [3.05, 3.63) is 12.2 Å². The van der Waals surface area contributed by atoms with Gasteiger partial charge in [0.25, 0.3) is 11.8 Å². The molecule has 2 unspecified atom stereocenters. The van der Waals surface area contributed by atoms with Gasteiger partial charge in [-0.2, -0.15) is 0 Å². The molecule has 0 bridgehead atoms. The van der Waals surface area contributed by atoms with E-state index in [0.29, 0.717) is 6.54 Å². The van der Waals surface area contributed by atoms with Gasteiger partial charge in [-0.1, -0.05) is 12.2 Å². The van der Waals surface area contributed by atoms with E-state index >= 15 is 0 Å². The largest absolute Gasteiger partial charge is 0.380 e. The van der Waals surface area contributed by atoms with Crippen LogP contribution in [0.5, 0.6) is 0 Å². The molecule has 0 rings (SSSR count). The molecule has 0 aromatic rings. The lowest BCUT2D eigenvalue weighted by Gasteiger charge is -2.16. The summed E-state index contributed by atoms with van der Waals surface area (Å²) in [5, 5.41) is 23.3. The summed E-state index contributed by atoms with van der Waals surface area (Å²) >= 11 is 0. The molecule has 0 spiro atoms. The second-order valence-electron chi connectivity index (χ2n) is 3.10. The average molecular weight is 230 g/mol. The first-order chi connectivity index (χ1) is 7.54. The Morgan fingerprint density at radius 1 is 1.19 bits per heavy atom. The van der Waals surface area contributed by atoms with Crippen LogP contribution < -0.4 is 10.6 Å². The molecule has 16 heavy (non-hydrogen) atoms. The first-order valence-corrected chi connectivity index (χ1v) is 5.07. The maximum atomic E-state index is 11.2. The van der Waals surface area contributed by atoms with Crippen LogP contribution in [0.4, 0.5) is 0 Å². The van der Waals surface area contributed by atoms with E-state index in [1.807, 2.05) is 0 Å². The highest BCUT2D eigenvalue weighted by atomic mass is 16.3. The summed E-state index contributed by atoms with van der Waals surface area (Å²) < 4.78 is 0. The number of amides is 2. The Hall–Kier alpha value is -1.40. The van der Waals surface area contributed by atoms with Crippen molar-refractivity contribution in [1.29, 1.82) is 0 Å². The molecule has 2 amide bonds. The molecule has 0 heterocycles. The second-order valence-corrected chi connectivity index (χ2v) is 3.10. The first-order valence-electron chi connectivity index (χ1n) is 5.07. The summed E-state index contributed by atoms with van der Waals surface area (Å²) in [5.74, 6) is -1.55. The van der Waals surface area contributed by atoms with Gasteiger partial charge in [0.15, 0.2) is 12.2 Å². The molecule has 0 aliphatic carbocycles. The van der Waals surface area contributed by atoms with Crippen LogP contribution in [-0.2, 0) is 9.59 Å². The van der Waals surface area contributed by atoms with Gasteiger partial charge < -0.3 is 20.8 Å². The molecule has 0 radical (unpaired) electrons. The molecule has 0 aromatic carbocycles. The van der Waals surface area contributed by atoms with Gasteiger partial charge in [-0.05, 0) is 13.8 Å². The minimum atomic E-state index is -1.75. The van der Waals surface area contributed by atoms with E-state index in [0.717, 1.165) is 0 Å². The molecule has 0 aromatic heterocycles. The maximum Gasteiger partial charge on any atom is 0.252 e. The summed E-state index contributed by atoms with van der Waals surface area (Å²) in [4.78, 5) is 22.3. The Labute approximate surface area is 94.3 Å². The van der Waals surface area contributed by atoms with E-state index in [9.17, 15) is 19.8 Å². The Kier molecular flexibility index (Phi) is 7.15. The highest BCUT2D eigenvalue weighted by Gasteiger charge is 2.29. The number of carbonyl (C=O) groups excluding carboxylic acids is 2. The van der Waals surface area contributed by atoms with Crippen molar-refractivity contribution in [2.24, 2.45) is 0 Å². The van der Waals surface area contributed by atoms with Crippen molar-refractivity contribution in [3.63, 3.8) is 0 Å². The van der Waals surface area contributed by atoms with Crippen LogP contribution in [0.2, 0.25) is 0 Å². The van der Waals surface area contributed by atoms with Crippen LogP contribution in [0, 0.1) is 0 Å². The van der Waals surface area contributed by atoms with Gasteiger partial charge in [0.05, 0.1) is 0 Å². The Morgan fingerprint density at radius 2 is 1.69 bits per heavy atom. The fraction of sp³-hybridized carbons (Fsp3) is 0.600. The molecule has 0 saturated carbocycles. The van der Waals surface area contributed by atoms with E-state index in [4.69, 9.17) is 0 Å². The van der Waals surface area contributed by atoms with Gasteiger partial charge in [0, 0.05) is 13.1 Å². The Morgan fingerprint density at radius 3 is 2.12 bits per heavy atom. The topological polar surface area (TPSA) is 98.7 Å². The summed E-state index contributed by atoms with van der Waals surface area (Å²) in [5.41, 5.74) is 0. The summed E-state index contributed by atoms with van der Waals surface area (Å²) in [6, 6.07) is 0. The van der Waals surface area contributed by atoms with Crippen molar-refractivity contribution in [2.75, 3.05) is 13.1 Å². The lowest BCUT2D eigenvalue weighted by Crippen LogP contribution is -2.49. The second kappa shape index (κ2) is 7.84. The molecular weight excluding hydrogens is 212 g/mol. The third-order valence-electron chi connectivity index (χ3n) is 1.82. The van der Waals surface area contributed by atoms with Crippen molar-refractivity contribution in [3.8, 4) is 0 Å². The molecule has 2 atom stereocenters. The zero-order chi connectivity index (χ0) is 12.6. The SMILES string of the molecule is C/C=C/CNC(=O)C(O)C(O)C(=O)NCC. The van der Waals surface area contributed by atoms with Gasteiger partial charge in [-0.3, -0.25) is 9.59 Å². The van der Waals surface area contributed by atoms with Crippen LogP contribution in [-0.4, -0.2) is 47.3 Å². The van der Waals surface area contributed by atoms with Gasteiger partial charge in [-0.15, -0.1) is 0 Å². The number of likely N-dealkylation sites (N-methyl/N-ethyl adjacent to an activating group) is 1. The third kappa shape index (κ3) is 4.90. The lowest BCUT2D eigenvalue weighted by molar-refractivity contribution is -0.145. The molecule has 6 heteroatoms. The standard InChI is InChI=1S/C10H18N2O4/c1-3-5-6-12-10(16)8(14)7(13)9(15)11-4-2/h3,5,7-8,13-14H,4,6H2,1-2H3,(H,11,15)(H,12,16)/b5-3+. The van der Waals surface area contributed by atoms with Crippen LogP contribution >= 0.6 is 0 Å². The van der Waals surface area contributed by atoms with E-state index < -0.39 is 24.0 Å². The number of aliphatic hydroxyl groups is 2. The predicted octanol–water partition coefficient (Wildman–Crippen LogP) is -1.46. The summed E-state index contributed by atoms with van der Waals surface area (Å²) in [7, 11) is 0. The van der Waals surface area contributed by atoms with Gasteiger partial charge in [0.2, 0.25) is 0 Å². The van der Waals surface area contributed by atoms with Gasteiger partial charge in [-0.25, -0.2) is 0 Å². The van der Waals surface area contributed by atoms with Crippen LogP contribution in [0.25, 0.3) is 0 Å². The average Bonchev–Trinajstić information content (AvgIpc) is 2.27. The first kappa shape index (κ1) is 14.6. The smallest absolute Gasteiger partial charge is 0.252 e. The van der Waals surface area contributed by atoms with Crippen LogP contribution in [0.15, 0.2) is 12.2 Å². The fourth-order valence-electron chi connectivity index (χ4n) is 0.948. The minimum absolute atomic E-state index is 0.245. The van der Waals surface area contributed by atoms with Crippen molar-refractivity contribution in [1.82, 2.24) is 10.6 Å². The number of nitrogens with one attached hydrogen (secondary N) is 2. The lowest BCUT2D eigenvalue weighted by atomic mass is 10.2. The maximum absolute atomic E-state index is 11.2. The van der Waals surface area contributed by atoms with Gasteiger partial charge in [0.1, 0.15) is 0 Å². The highest BCUT2D eigenvalue weighted by molar-refractivity contribution is 5.90. The third-order valence-corrected chi connectivity index (χ3v) is 1.82. The zero-order valence-electron chi connectivity index (χ0n) is 9.43. The monoisotopic (exact) mass is 230 g/mol. The van der Waals surface area contributed by atoms with Crippen molar-refractivity contribution >= 4 is 11.8 Å². The number of hydrogen-bond acceptors (Lipinski definition) is 4. The molecule has 6 nitrogen and oxygen atoms in total. The molecule has 0 aliphatic heterocycles. The quantitative estimate of drug-likeness (QED) is 0.419. The van der Waals surface area contributed by atoms with E-state index in [2.05, 4.69) is 10.6 Å². The van der Waals surface area contributed by atoms with E-state index in [1.54, 1.807) is 26.0 Å². The predicted molar refractivity (Wildman–Crippen MR) is 58.5 cm³/mol. The zero-order valence-corrected chi connectivity index (χ0v) is 9.43. The summed E-state index contributed by atoms with van der Waals surface area (Å²) in [6.45, 7) is 4.02. The fourth-order valence-corrected chi connectivity index (χ4v) is 0.948. The Bertz CT molecular complexity index is 266. The molecule has 4 N–H and O–H groups in total. The molecular formula is C10H18N2O4. The minimum Gasteiger partial charge on any atom is -0.380 e. The molecule has 92 valence electrons. The molecule has 0 saturated heterocycles. The Balaban J connectivity index is 4.15. The van der Waals surface area contributed by atoms with Crippen molar-refractivity contribution < 1.29 is 19.8 Å². The van der Waals surface area contributed by atoms with Crippen LogP contribution in [0.1, 0.15) is 13.8 Å². The number of hydrogen-bond donors (Lipinski definition) is 4. The normalized spacial score (nSPS) is 14.5. The summed E-state index contributed by atoms with van der Waals surface area (Å²) in [6.07, 6.45) is -0.0990. The van der Waals surface area contributed by atoms with Gasteiger partial charge >= 0.3 is 0 Å². The van der Waals surface area contributed by atoms with Crippen LogP contribution in [0.3, 0.4) is 0 Å². The number of rotatable bonds is 6.